The van der Waals surface area contributed by atoms with Crippen molar-refractivity contribution in [1.29, 1.82) is 0 Å². The molecule has 98 valence electrons. The molecule has 5 heteroatoms. The fourth-order valence-electron chi connectivity index (χ4n) is 0.920. The van der Waals surface area contributed by atoms with E-state index in [9.17, 15) is 4.79 Å². The molecule has 0 atom stereocenters. The van der Waals surface area contributed by atoms with E-state index in [1.165, 1.54) is 0 Å². The van der Waals surface area contributed by atoms with Crippen molar-refractivity contribution in [2.24, 2.45) is 0 Å². The number of halogens is 2. The minimum atomic E-state index is -0.578. The van der Waals surface area contributed by atoms with Gasteiger partial charge < -0.3 is 4.74 Å². The van der Waals surface area contributed by atoms with Crippen LogP contribution in [0.4, 0.5) is 10.5 Å². The SMILES string of the molecule is CC.O=C(Nc1cccc(Cl)c1)OCC#CCCl. The second-order valence-corrected chi connectivity index (χ2v) is 3.40. The molecule has 0 heterocycles. The summed E-state index contributed by atoms with van der Waals surface area (Å²) in [6.07, 6.45) is -0.578. The Hall–Kier alpha value is -1.37. The molecule has 0 fully saturated rings. The number of benzene rings is 1. The first kappa shape index (κ1) is 16.6. The number of amides is 1. The summed E-state index contributed by atoms with van der Waals surface area (Å²) in [7, 11) is 0. The highest BCUT2D eigenvalue weighted by Gasteiger charge is 2.01. The summed E-state index contributed by atoms with van der Waals surface area (Å²) in [5.41, 5.74) is 0.572. The van der Waals surface area contributed by atoms with E-state index in [0.29, 0.717) is 10.7 Å². The minimum absolute atomic E-state index is 0.0130. The molecule has 1 aromatic carbocycles. The molecule has 18 heavy (non-hydrogen) atoms. The van der Waals surface area contributed by atoms with Crippen LogP contribution in [0.15, 0.2) is 24.3 Å². The summed E-state index contributed by atoms with van der Waals surface area (Å²) >= 11 is 11.1. The number of rotatable bonds is 2. The lowest BCUT2D eigenvalue weighted by atomic mass is 10.3. The zero-order chi connectivity index (χ0) is 13.8. The third-order valence-electron chi connectivity index (χ3n) is 1.54. The van der Waals surface area contributed by atoms with Gasteiger partial charge in [0.2, 0.25) is 0 Å². The minimum Gasteiger partial charge on any atom is -0.436 e. The van der Waals surface area contributed by atoms with Crippen molar-refractivity contribution >= 4 is 35.0 Å². The Labute approximate surface area is 117 Å². The van der Waals surface area contributed by atoms with Crippen LogP contribution in [-0.2, 0) is 4.74 Å². The van der Waals surface area contributed by atoms with Crippen LogP contribution < -0.4 is 5.32 Å². The lowest BCUT2D eigenvalue weighted by molar-refractivity contribution is 0.176. The summed E-state index contributed by atoms with van der Waals surface area (Å²) in [4.78, 5) is 11.2. The zero-order valence-corrected chi connectivity index (χ0v) is 11.8. The van der Waals surface area contributed by atoms with Gasteiger partial charge in [0.15, 0.2) is 6.61 Å². The van der Waals surface area contributed by atoms with Gasteiger partial charge in [-0.1, -0.05) is 43.4 Å². The van der Waals surface area contributed by atoms with Crippen LogP contribution in [0.25, 0.3) is 0 Å². The Bertz CT molecular complexity index is 424. The van der Waals surface area contributed by atoms with Gasteiger partial charge in [-0.05, 0) is 18.2 Å². The largest absolute Gasteiger partial charge is 0.436 e. The van der Waals surface area contributed by atoms with Crippen LogP contribution in [0, 0.1) is 11.8 Å². The van der Waals surface area contributed by atoms with Gasteiger partial charge >= 0.3 is 6.09 Å². The number of anilines is 1. The Balaban J connectivity index is 0.00000137. The molecule has 0 spiro atoms. The summed E-state index contributed by atoms with van der Waals surface area (Å²) in [6, 6.07) is 6.76. The molecule has 0 radical (unpaired) electrons. The summed E-state index contributed by atoms with van der Waals surface area (Å²) < 4.78 is 4.76. The molecule has 3 nitrogen and oxygen atoms in total. The Morgan fingerprint density at radius 1 is 1.39 bits per heavy atom. The highest BCUT2D eigenvalue weighted by Crippen LogP contribution is 2.14. The van der Waals surface area contributed by atoms with Crippen molar-refractivity contribution in [3.05, 3.63) is 29.3 Å². The lowest BCUT2D eigenvalue weighted by Crippen LogP contribution is -2.13. The molecule has 0 unspecified atom stereocenters. The smallest absolute Gasteiger partial charge is 0.412 e. The van der Waals surface area contributed by atoms with Crippen LogP contribution in [0.1, 0.15) is 13.8 Å². The maximum absolute atomic E-state index is 11.2. The van der Waals surface area contributed by atoms with Gasteiger partial charge in [0.25, 0.3) is 0 Å². The van der Waals surface area contributed by atoms with Crippen LogP contribution in [0.5, 0.6) is 0 Å². The van der Waals surface area contributed by atoms with E-state index < -0.39 is 6.09 Å². The Morgan fingerprint density at radius 2 is 2.11 bits per heavy atom. The molecule has 1 aromatic rings. The molecule has 1 amide bonds. The molecule has 0 aliphatic heterocycles. The summed E-state index contributed by atoms with van der Waals surface area (Å²) in [6.45, 7) is 4.01. The van der Waals surface area contributed by atoms with E-state index in [1.807, 2.05) is 13.8 Å². The van der Waals surface area contributed by atoms with E-state index in [-0.39, 0.29) is 12.5 Å². The fourth-order valence-corrected chi connectivity index (χ4v) is 1.20. The van der Waals surface area contributed by atoms with Crippen molar-refractivity contribution < 1.29 is 9.53 Å². The zero-order valence-electron chi connectivity index (χ0n) is 10.3. The molecular formula is C13H15Cl2NO2. The van der Waals surface area contributed by atoms with Gasteiger partial charge in [0.1, 0.15) is 0 Å². The molecular weight excluding hydrogens is 273 g/mol. The maximum atomic E-state index is 11.2. The summed E-state index contributed by atoms with van der Waals surface area (Å²) in [5.74, 6) is 5.36. The number of hydrogen-bond acceptors (Lipinski definition) is 2. The maximum Gasteiger partial charge on any atom is 0.412 e. The first-order valence-corrected chi connectivity index (χ1v) is 6.34. The van der Waals surface area contributed by atoms with Crippen LogP contribution in [0.2, 0.25) is 5.02 Å². The highest BCUT2D eigenvalue weighted by atomic mass is 35.5. The van der Waals surface area contributed by atoms with Crippen molar-refractivity contribution in [3.8, 4) is 11.8 Å². The normalized spacial score (nSPS) is 8.22. The predicted octanol–water partition coefficient (Wildman–Crippen LogP) is 4.16. The fraction of sp³-hybridized carbons (Fsp3) is 0.308. The average molecular weight is 288 g/mol. The second-order valence-electron chi connectivity index (χ2n) is 2.70. The molecule has 0 aromatic heterocycles. The monoisotopic (exact) mass is 287 g/mol. The van der Waals surface area contributed by atoms with E-state index in [0.717, 1.165) is 0 Å². The molecule has 0 aliphatic rings. The molecule has 0 saturated heterocycles. The van der Waals surface area contributed by atoms with Gasteiger partial charge in [-0.15, -0.1) is 11.6 Å². The van der Waals surface area contributed by atoms with E-state index in [1.54, 1.807) is 24.3 Å². The number of nitrogens with one attached hydrogen (secondary N) is 1. The molecule has 0 saturated carbocycles. The summed E-state index contributed by atoms with van der Waals surface area (Å²) in [5, 5.41) is 3.05. The molecule has 0 aliphatic carbocycles. The van der Waals surface area contributed by atoms with Crippen molar-refractivity contribution in [1.82, 2.24) is 0 Å². The first-order chi connectivity index (χ1) is 8.72. The van der Waals surface area contributed by atoms with Gasteiger partial charge in [-0.3, -0.25) is 5.32 Å². The number of hydrogen-bond donors (Lipinski definition) is 1. The van der Waals surface area contributed by atoms with Gasteiger partial charge in [-0.25, -0.2) is 4.79 Å². The van der Waals surface area contributed by atoms with Crippen molar-refractivity contribution in [3.63, 3.8) is 0 Å². The predicted molar refractivity (Wildman–Crippen MR) is 76.3 cm³/mol. The van der Waals surface area contributed by atoms with E-state index in [2.05, 4.69) is 17.2 Å². The van der Waals surface area contributed by atoms with Gasteiger partial charge in [0, 0.05) is 10.7 Å². The van der Waals surface area contributed by atoms with Crippen LogP contribution >= 0.6 is 23.2 Å². The van der Waals surface area contributed by atoms with Crippen LogP contribution in [-0.4, -0.2) is 18.6 Å². The molecule has 1 N–H and O–H groups in total. The number of alkyl halides is 1. The first-order valence-electron chi connectivity index (χ1n) is 5.43. The van der Waals surface area contributed by atoms with E-state index >= 15 is 0 Å². The third kappa shape index (κ3) is 7.83. The molecule has 0 bridgehead atoms. The third-order valence-corrected chi connectivity index (χ3v) is 1.91. The van der Waals surface area contributed by atoms with Gasteiger partial charge in [0.05, 0.1) is 5.88 Å². The average Bonchev–Trinajstić information content (AvgIpc) is 2.37. The standard InChI is InChI=1S/C11H9Cl2NO2.C2H6/c12-6-1-2-7-16-11(15)14-10-5-3-4-9(13)8-10;1-2/h3-5,8H,6-7H2,(H,14,15);1-2H3. The van der Waals surface area contributed by atoms with Crippen molar-refractivity contribution in [2.75, 3.05) is 17.8 Å². The molecule has 1 rings (SSSR count). The number of carbonyl (C=O) groups is 1. The number of ether oxygens (including phenoxy) is 1. The Morgan fingerprint density at radius 3 is 2.72 bits per heavy atom. The second kappa shape index (κ2) is 10.8. The van der Waals surface area contributed by atoms with E-state index in [4.69, 9.17) is 27.9 Å². The van der Waals surface area contributed by atoms with Gasteiger partial charge in [-0.2, -0.15) is 0 Å². The van der Waals surface area contributed by atoms with Crippen LogP contribution in [0.3, 0.4) is 0 Å². The quantitative estimate of drug-likeness (QED) is 0.655. The highest BCUT2D eigenvalue weighted by molar-refractivity contribution is 6.30. The lowest BCUT2D eigenvalue weighted by Gasteiger charge is -2.04. The topological polar surface area (TPSA) is 38.3 Å². The van der Waals surface area contributed by atoms with Crippen molar-refractivity contribution in [2.45, 2.75) is 13.8 Å². The Kier molecular flexibility index (Phi) is 9.94. The number of carbonyl (C=O) groups excluding carboxylic acids is 1.